The van der Waals surface area contributed by atoms with Crippen LogP contribution in [-0.2, 0) is 11.8 Å². The predicted octanol–water partition coefficient (Wildman–Crippen LogP) is 1.84. The third kappa shape index (κ3) is 2.51. The molecular formula is C10H13N3. The molecule has 0 saturated carbocycles. The zero-order valence-corrected chi connectivity index (χ0v) is 8.20. The number of hydrogen-bond donors (Lipinski definition) is 0. The molecule has 1 aromatic heterocycles. The highest BCUT2D eigenvalue weighted by atomic mass is 14.9. The summed E-state index contributed by atoms with van der Waals surface area (Å²) in [7, 11) is 0. The minimum atomic E-state index is 0.0210. The standard InChI is InChI=1S/C10H13N3/c1-10(2,3)8-5-7-12-9(13-8)4-6-11/h5,7H,4H2,1-3H3. The van der Waals surface area contributed by atoms with Crippen LogP contribution in [0.3, 0.4) is 0 Å². The van der Waals surface area contributed by atoms with Crippen molar-refractivity contribution in [2.24, 2.45) is 0 Å². The van der Waals surface area contributed by atoms with Crippen LogP contribution in [0.25, 0.3) is 0 Å². The van der Waals surface area contributed by atoms with Gasteiger partial charge in [0.15, 0.2) is 0 Å². The summed E-state index contributed by atoms with van der Waals surface area (Å²) in [6, 6.07) is 3.93. The fourth-order valence-electron chi connectivity index (χ4n) is 0.973. The molecule has 0 unspecified atom stereocenters. The third-order valence-corrected chi connectivity index (χ3v) is 1.71. The van der Waals surface area contributed by atoms with Crippen molar-refractivity contribution >= 4 is 0 Å². The minimum absolute atomic E-state index is 0.0210. The lowest BCUT2D eigenvalue weighted by molar-refractivity contribution is 0.563. The molecule has 1 aromatic rings. The summed E-state index contributed by atoms with van der Waals surface area (Å²) in [5.41, 5.74) is 1.00. The number of hydrogen-bond acceptors (Lipinski definition) is 3. The van der Waals surface area contributed by atoms with Crippen molar-refractivity contribution < 1.29 is 0 Å². The SMILES string of the molecule is CC(C)(C)c1ccnc(CC#N)n1. The lowest BCUT2D eigenvalue weighted by Gasteiger charge is -2.17. The summed E-state index contributed by atoms with van der Waals surface area (Å²) < 4.78 is 0. The zero-order valence-electron chi connectivity index (χ0n) is 8.20. The molecule has 0 aliphatic rings. The Morgan fingerprint density at radius 1 is 1.46 bits per heavy atom. The van der Waals surface area contributed by atoms with Gasteiger partial charge in [-0.05, 0) is 6.07 Å². The molecule has 0 aromatic carbocycles. The molecule has 0 aliphatic heterocycles. The second-order valence-electron chi connectivity index (χ2n) is 3.94. The van der Waals surface area contributed by atoms with Crippen molar-refractivity contribution in [3.05, 3.63) is 23.8 Å². The Bertz CT molecular complexity index is 331. The van der Waals surface area contributed by atoms with E-state index in [0.29, 0.717) is 5.82 Å². The normalized spacial score (nSPS) is 10.9. The fourth-order valence-corrected chi connectivity index (χ4v) is 0.973. The summed E-state index contributed by atoms with van der Waals surface area (Å²) in [5.74, 6) is 0.606. The maximum atomic E-state index is 8.48. The van der Waals surface area contributed by atoms with Crippen molar-refractivity contribution in [2.45, 2.75) is 32.6 Å². The van der Waals surface area contributed by atoms with Crippen LogP contribution in [0.15, 0.2) is 12.3 Å². The first kappa shape index (κ1) is 9.66. The van der Waals surface area contributed by atoms with E-state index in [4.69, 9.17) is 5.26 Å². The Balaban J connectivity index is 3.00. The molecule has 0 spiro atoms. The molecule has 0 saturated heterocycles. The summed E-state index contributed by atoms with van der Waals surface area (Å²) in [6.07, 6.45) is 1.99. The summed E-state index contributed by atoms with van der Waals surface area (Å²) in [6.45, 7) is 6.27. The van der Waals surface area contributed by atoms with E-state index in [1.54, 1.807) is 6.20 Å². The maximum absolute atomic E-state index is 8.48. The number of rotatable bonds is 1. The highest BCUT2D eigenvalue weighted by Crippen LogP contribution is 2.18. The van der Waals surface area contributed by atoms with Gasteiger partial charge in [-0.15, -0.1) is 0 Å². The average molecular weight is 175 g/mol. The second-order valence-corrected chi connectivity index (χ2v) is 3.94. The van der Waals surface area contributed by atoms with Crippen molar-refractivity contribution in [3.63, 3.8) is 0 Å². The molecule has 0 fully saturated rings. The van der Waals surface area contributed by atoms with Crippen molar-refractivity contribution in [3.8, 4) is 6.07 Å². The van der Waals surface area contributed by atoms with Crippen LogP contribution in [0.4, 0.5) is 0 Å². The van der Waals surface area contributed by atoms with Crippen LogP contribution in [0.2, 0.25) is 0 Å². The molecule has 3 heteroatoms. The molecule has 0 atom stereocenters. The van der Waals surface area contributed by atoms with E-state index in [9.17, 15) is 0 Å². The molecule has 0 aliphatic carbocycles. The molecular weight excluding hydrogens is 162 g/mol. The molecule has 13 heavy (non-hydrogen) atoms. The van der Waals surface area contributed by atoms with E-state index in [1.165, 1.54) is 0 Å². The Hall–Kier alpha value is -1.43. The van der Waals surface area contributed by atoms with Crippen LogP contribution >= 0.6 is 0 Å². The van der Waals surface area contributed by atoms with Crippen molar-refractivity contribution in [1.82, 2.24) is 9.97 Å². The smallest absolute Gasteiger partial charge is 0.142 e. The number of nitrogens with zero attached hydrogens (tertiary/aromatic N) is 3. The second kappa shape index (κ2) is 3.53. The van der Waals surface area contributed by atoms with Crippen LogP contribution in [-0.4, -0.2) is 9.97 Å². The van der Waals surface area contributed by atoms with E-state index in [-0.39, 0.29) is 11.8 Å². The van der Waals surface area contributed by atoms with Crippen molar-refractivity contribution in [1.29, 1.82) is 5.26 Å². The van der Waals surface area contributed by atoms with E-state index >= 15 is 0 Å². The molecule has 68 valence electrons. The lowest BCUT2D eigenvalue weighted by Crippen LogP contribution is -2.14. The third-order valence-electron chi connectivity index (χ3n) is 1.71. The highest BCUT2D eigenvalue weighted by Gasteiger charge is 2.15. The monoisotopic (exact) mass is 175 g/mol. The van der Waals surface area contributed by atoms with Gasteiger partial charge in [-0.25, -0.2) is 9.97 Å². The van der Waals surface area contributed by atoms with E-state index in [0.717, 1.165) is 5.69 Å². The number of aromatic nitrogens is 2. The maximum Gasteiger partial charge on any atom is 0.142 e. The van der Waals surface area contributed by atoms with Gasteiger partial charge in [-0.3, -0.25) is 0 Å². The topological polar surface area (TPSA) is 49.6 Å². The van der Waals surface area contributed by atoms with Gasteiger partial charge < -0.3 is 0 Å². The van der Waals surface area contributed by atoms with Crippen LogP contribution in [0.1, 0.15) is 32.3 Å². The molecule has 1 rings (SSSR count). The van der Waals surface area contributed by atoms with Crippen LogP contribution in [0, 0.1) is 11.3 Å². The lowest BCUT2D eigenvalue weighted by atomic mass is 9.92. The van der Waals surface area contributed by atoms with Gasteiger partial charge in [0.2, 0.25) is 0 Å². The zero-order chi connectivity index (χ0) is 9.90. The molecule has 0 amide bonds. The predicted molar refractivity (Wildman–Crippen MR) is 50.0 cm³/mol. The quantitative estimate of drug-likeness (QED) is 0.654. The summed E-state index contributed by atoms with van der Waals surface area (Å²) in [4.78, 5) is 8.31. The average Bonchev–Trinajstić information content (AvgIpc) is 2.04. The number of nitriles is 1. The highest BCUT2D eigenvalue weighted by molar-refractivity contribution is 5.13. The van der Waals surface area contributed by atoms with Crippen molar-refractivity contribution in [2.75, 3.05) is 0 Å². The summed E-state index contributed by atoms with van der Waals surface area (Å²) >= 11 is 0. The van der Waals surface area contributed by atoms with Gasteiger partial charge >= 0.3 is 0 Å². The Labute approximate surface area is 78.5 Å². The fraction of sp³-hybridized carbons (Fsp3) is 0.500. The van der Waals surface area contributed by atoms with Gasteiger partial charge in [0, 0.05) is 17.3 Å². The van der Waals surface area contributed by atoms with Crippen LogP contribution in [0.5, 0.6) is 0 Å². The molecule has 3 nitrogen and oxygen atoms in total. The Morgan fingerprint density at radius 2 is 2.15 bits per heavy atom. The van der Waals surface area contributed by atoms with Gasteiger partial charge in [0.1, 0.15) is 5.82 Å². The Kier molecular flexibility index (Phi) is 2.62. The van der Waals surface area contributed by atoms with Gasteiger partial charge in [0.05, 0.1) is 12.5 Å². The van der Waals surface area contributed by atoms with E-state index in [1.807, 2.05) is 12.1 Å². The molecule has 1 heterocycles. The molecule has 0 radical (unpaired) electrons. The molecule has 0 bridgehead atoms. The van der Waals surface area contributed by atoms with E-state index < -0.39 is 0 Å². The van der Waals surface area contributed by atoms with E-state index in [2.05, 4.69) is 30.7 Å². The van der Waals surface area contributed by atoms with Crippen LogP contribution < -0.4 is 0 Å². The van der Waals surface area contributed by atoms with Gasteiger partial charge in [0.25, 0.3) is 0 Å². The first-order valence-corrected chi connectivity index (χ1v) is 4.23. The Morgan fingerprint density at radius 3 is 2.69 bits per heavy atom. The minimum Gasteiger partial charge on any atom is -0.240 e. The van der Waals surface area contributed by atoms with Gasteiger partial charge in [-0.2, -0.15) is 5.26 Å². The first-order chi connectivity index (χ1) is 6.04. The largest absolute Gasteiger partial charge is 0.240 e. The first-order valence-electron chi connectivity index (χ1n) is 4.23. The van der Waals surface area contributed by atoms with Gasteiger partial charge in [-0.1, -0.05) is 20.8 Å². The molecule has 0 N–H and O–H groups in total. The summed E-state index contributed by atoms with van der Waals surface area (Å²) in [5, 5.41) is 8.48.